The van der Waals surface area contributed by atoms with Crippen LogP contribution in [0.4, 0.5) is 0 Å². The highest BCUT2D eigenvalue weighted by atomic mass is 16.1. The van der Waals surface area contributed by atoms with Gasteiger partial charge < -0.3 is 5.73 Å². The van der Waals surface area contributed by atoms with Gasteiger partial charge in [-0.3, -0.25) is 4.79 Å². The van der Waals surface area contributed by atoms with Gasteiger partial charge in [-0.15, -0.1) is 0 Å². The topological polar surface area (TPSA) is 43.1 Å². The first-order valence-corrected chi connectivity index (χ1v) is 2.97. The molecule has 0 heterocycles. The largest absolute Gasteiger partial charge is 0.402 e. The molecule has 0 bridgehead atoms. The number of allylic oxidation sites excluding steroid dienone is 1. The minimum Gasteiger partial charge on any atom is -0.402 e. The molecule has 0 saturated heterocycles. The van der Waals surface area contributed by atoms with Crippen LogP contribution in [0.15, 0.2) is 12.3 Å². The maximum absolute atomic E-state index is 10.6. The van der Waals surface area contributed by atoms with E-state index in [0.717, 1.165) is 0 Å². The van der Waals surface area contributed by atoms with Crippen molar-refractivity contribution in [3.63, 3.8) is 0 Å². The molecule has 0 radical (unpaired) electrons. The second-order valence-corrected chi connectivity index (χ2v) is 2.37. The third kappa shape index (κ3) is 3.76. The standard InChI is InChI=1S/C7H13NO/c1-5(7(3)9)4-6(2)8/h5H,2,4,8H2,1,3H3. The van der Waals surface area contributed by atoms with Crippen molar-refractivity contribution in [2.75, 3.05) is 0 Å². The number of nitrogens with two attached hydrogens (primary N) is 1. The van der Waals surface area contributed by atoms with Crippen molar-refractivity contribution in [2.24, 2.45) is 11.7 Å². The summed E-state index contributed by atoms with van der Waals surface area (Å²) in [5.74, 6) is 0.198. The van der Waals surface area contributed by atoms with E-state index in [1.165, 1.54) is 0 Å². The third-order valence-electron chi connectivity index (χ3n) is 1.26. The molecule has 2 heteroatoms. The van der Waals surface area contributed by atoms with Gasteiger partial charge in [0.1, 0.15) is 5.78 Å². The number of ketones is 1. The first-order valence-electron chi connectivity index (χ1n) is 2.97. The van der Waals surface area contributed by atoms with Gasteiger partial charge >= 0.3 is 0 Å². The fourth-order valence-corrected chi connectivity index (χ4v) is 0.537. The number of rotatable bonds is 3. The molecule has 52 valence electrons. The first kappa shape index (κ1) is 8.21. The van der Waals surface area contributed by atoms with Crippen molar-refractivity contribution in [1.82, 2.24) is 0 Å². The summed E-state index contributed by atoms with van der Waals surface area (Å²) in [5.41, 5.74) is 5.87. The van der Waals surface area contributed by atoms with Gasteiger partial charge in [0, 0.05) is 11.6 Å². The van der Waals surface area contributed by atoms with Crippen LogP contribution in [0.25, 0.3) is 0 Å². The lowest BCUT2D eigenvalue weighted by atomic mass is 10.0. The predicted octanol–water partition coefficient (Wildman–Crippen LogP) is 1.07. The quantitative estimate of drug-likeness (QED) is 0.616. The lowest BCUT2D eigenvalue weighted by molar-refractivity contribution is -0.120. The molecule has 0 spiro atoms. The third-order valence-corrected chi connectivity index (χ3v) is 1.26. The van der Waals surface area contributed by atoms with Gasteiger partial charge in [-0.1, -0.05) is 13.5 Å². The van der Waals surface area contributed by atoms with E-state index < -0.39 is 0 Å². The maximum atomic E-state index is 10.6. The van der Waals surface area contributed by atoms with Gasteiger partial charge in [-0.05, 0) is 13.3 Å². The molecular formula is C7H13NO. The maximum Gasteiger partial charge on any atom is 0.133 e. The van der Waals surface area contributed by atoms with E-state index >= 15 is 0 Å². The van der Waals surface area contributed by atoms with E-state index in [9.17, 15) is 4.79 Å². The molecule has 0 aromatic rings. The van der Waals surface area contributed by atoms with Crippen LogP contribution in [0.5, 0.6) is 0 Å². The van der Waals surface area contributed by atoms with Crippen molar-refractivity contribution in [1.29, 1.82) is 0 Å². The molecule has 1 unspecified atom stereocenters. The van der Waals surface area contributed by atoms with Crippen LogP contribution in [-0.4, -0.2) is 5.78 Å². The lowest BCUT2D eigenvalue weighted by Crippen LogP contribution is -2.09. The average molecular weight is 127 g/mol. The van der Waals surface area contributed by atoms with Crippen LogP contribution in [0.3, 0.4) is 0 Å². The monoisotopic (exact) mass is 127 g/mol. The molecule has 9 heavy (non-hydrogen) atoms. The van der Waals surface area contributed by atoms with E-state index in [4.69, 9.17) is 5.73 Å². The Hall–Kier alpha value is -0.790. The van der Waals surface area contributed by atoms with Crippen molar-refractivity contribution < 1.29 is 4.79 Å². The Morgan fingerprint density at radius 1 is 1.78 bits per heavy atom. The first-order chi connectivity index (χ1) is 4.04. The van der Waals surface area contributed by atoms with E-state index in [1.54, 1.807) is 6.92 Å². The Balaban J connectivity index is 3.63. The van der Waals surface area contributed by atoms with Gasteiger partial charge in [0.2, 0.25) is 0 Å². The van der Waals surface area contributed by atoms with Gasteiger partial charge in [0.25, 0.3) is 0 Å². The predicted molar refractivity (Wildman–Crippen MR) is 37.8 cm³/mol. The summed E-state index contributed by atoms with van der Waals surface area (Å²) >= 11 is 0. The van der Waals surface area contributed by atoms with Crippen molar-refractivity contribution in [3.8, 4) is 0 Å². The number of carbonyl (C=O) groups excluding carboxylic acids is 1. The molecule has 0 aromatic carbocycles. The number of hydrogen-bond acceptors (Lipinski definition) is 2. The fourth-order valence-electron chi connectivity index (χ4n) is 0.537. The molecule has 0 fully saturated rings. The number of carbonyl (C=O) groups is 1. The summed E-state index contributed by atoms with van der Waals surface area (Å²) in [4.78, 5) is 10.6. The summed E-state index contributed by atoms with van der Waals surface area (Å²) < 4.78 is 0. The zero-order chi connectivity index (χ0) is 7.44. The molecular weight excluding hydrogens is 114 g/mol. The Kier molecular flexibility index (Phi) is 2.99. The SMILES string of the molecule is C=C(N)CC(C)C(C)=O. The summed E-state index contributed by atoms with van der Waals surface area (Å²) in [6.07, 6.45) is 0.606. The Bertz CT molecular complexity index is 129. The normalized spacial score (nSPS) is 12.7. The minimum absolute atomic E-state index is 0.0301. The van der Waals surface area contributed by atoms with Crippen molar-refractivity contribution in [2.45, 2.75) is 20.3 Å². The van der Waals surface area contributed by atoms with E-state index in [0.29, 0.717) is 12.1 Å². The van der Waals surface area contributed by atoms with E-state index in [-0.39, 0.29) is 11.7 Å². The average Bonchev–Trinajstić information content (AvgIpc) is 1.63. The lowest BCUT2D eigenvalue weighted by Gasteiger charge is -2.04. The summed E-state index contributed by atoms with van der Waals surface area (Å²) in [6, 6.07) is 0. The van der Waals surface area contributed by atoms with E-state index in [2.05, 4.69) is 6.58 Å². The zero-order valence-corrected chi connectivity index (χ0v) is 5.98. The number of hydrogen-bond donors (Lipinski definition) is 1. The van der Waals surface area contributed by atoms with Crippen LogP contribution in [0.2, 0.25) is 0 Å². The molecule has 0 saturated carbocycles. The van der Waals surface area contributed by atoms with Gasteiger partial charge in [0.15, 0.2) is 0 Å². The zero-order valence-electron chi connectivity index (χ0n) is 5.98. The summed E-state index contributed by atoms with van der Waals surface area (Å²) in [6.45, 7) is 6.91. The molecule has 0 aromatic heterocycles. The molecule has 2 N–H and O–H groups in total. The smallest absolute Gasteiger partial charge is 0.133 e. The highest BCUT2D eigenvalue weighted by molar-refractivity contribution is 5.78. The van der Waals surface area contributed by atoms with Crippen LogP contribution in [0, 0.1) is 5.92 Å². The Labute approximate surface area is 55.7 Å². The van der Waals surface area contributed by atoms with Crippen molar-refractivity contribution >= 4 is 5.78 Å². The molecule has 0 amide bonds. The molecule has 0 aliphatic carbocycles. The summed E-state index contributed by atoms with van der Waals surface area (Å²) in [7, 11) is 0. The number of Topliss-reactive ketones (excluding diaryl/α,β-unsaturated/α-hetero) is 1. The van der Waals surface area contributed by atoms with Crippen LogP contribution in [-0.2, 0) is 4.79 Å². The highest BCUT2D eigenvalue weighted by Gasteiger charge is 2.06. The van der Waals surface area contributed by atoms with Crippen LogP contribution >= 0.6 is 0 Å². The van der Waals surface area contributed by atoms with E-state index in [1.807, 2.05) is 6.92 Å². The van der Waals surface area contributed by atoms with Crippen molar-refractivity contribution in [3.05, 3.63) is 12.3 Å². The second kappa shape index (κ2) is 3.28. The Morgan fingerprint density at radius 2 is 2.22 bits per heavy atom. The Morgan fingerprint density at radius 3 is 2.33 bits per heavy atom. The summed E-state index contributed by atoms with van der Waals surface area (Å²) in [5, 5.41) is 0. The molecule has 0 aliphatic heterocycles. The van der Waals surface area contributed by atoms with Gasteiger partial charge in [-0.25, -0.2) is 0 Å². The molecule has 0 aliphatic rings. The molecule has 2 nitrogen and oxygen atoms in total. The molecule has 0 rings (SSSR count). The van der Waals surface area contributed by atoms with Crippen LogP contribution < -0.4 is 5.73 Å². The minimum atomic E-state index is 0.0301. The highest BCUT2D eigenvalue weighted by Crippen LogP contribution is 2.05. The van der Waals surface area contributed by atoms with Gasteiger partial charge in [-0.2, -0.15) is 0 Å². The fraction of sp³-hybridized carbons (Fsp3) is 0.571. The van der Waals surface area contributed by atoms with Gasteiger partial charge in [0.05, 0.1) is 0 Å². The van der Waals surface area contributed by atoms with Crippen LogP contribution in [0.1, 0.15) is 20.3 Å². The molecule has 1 atom stereocenters. The second-order valence-electron chi connectivity index (χ2n) is 2.37.